The number of benzene rings is 7. The lowest BCUT2D eigenvalue weighted by atomic mass is 10.0. The predicted molar refractivity (Wildman–Crippen MR) is 536 cm³/mol. The van der Waals surface area contributed by atoms with Crippen molar-refractivity contribution in [3.63, 3.8) is 0 Å². The van der Waals surface area contributed by atoms with E-state index in [-0.39, 0.29) is 177 Å². The van der Waals surface area contributed by atoms with Crippen molar-refractivity contribution in [1.29, 1.82) is 0 Å². The first-order chi connectivity index (χ1) is 70.8. The summed E-state index contributed by atoms with van der Waals surface area (Å²) in [5, 5.41) is 55.0. The van der Waals surface area contributed by atoms with Gasteiger partial charge in [-0.15, -0.1) is 5.11 Å². The summed E-state index contributed by atoms with van der Waals surface area (Å²) in [4.78, 5) is 109. The maximum Gasteiger partial charge on any atom is 0.329 e. The van der Waals surface area contributed by atoms with Crippen LogP contribution >= 0.6 is 0 Å². The van der Waals surface area contributed by atoms with Crippen molar-refractivity contribution >= 4 is 131 Å². The number of carbonyl (C=O) groups excluding carboxylic acids is 5. The smallest absolute Gasteiger partial charge is 0.329 e. The number of ether oxygens (including phenoxy) is 6. The second-order valence-corrected chi connectivity index (χ2v) is 41.1. The predicted octanol–water partition coefficient (Wildman–Crippen LogP) is 6.60. The quantitative estimate of drug-likeness (QED) is 0.00627. The van der Waals surface area contributed by atoms with Gasteiger partial charge in [0.15, 0.2) is 29.5 Å². The Morgan fingerprint density at radius 2 is 0.864 bits per heavy atom. The van der Waals surface area contributed by atoms with Gasteiger partial charge in [-0.3, -0.25) is 42.7 Å². The Labute approximate surface area is 846 Å². The van der Waals surface area contributed by atoms with Gasteiger partial charge >= 0.3 is 11.9 Å². The van der Waals surface area contributed by atoms with Crippen LogP contribution in [0.15, 0.2) is 248 Å². The molecule has 12 aromatic rings. The monoisotopic (exact) mass is 2120 g/mol. The van der Waals surface area contributed by atoms with E-state index >= 15 is 0 Å². The summed E-state index contributed by atoms with van der Waals surface area (Å²) in [7, 11) is -21.4. The third kappa shape index (κ3) is 34.9. The molecule has 3 atom stereocenters. The van der Waals surface area contributed by atoms with E-state index in [2.05, 4.69) is 91.4 Å². The molecule has 7 aromatic carbocycles. The molecule has 0 saturated carbocycles. The summed E-state index contributed by atoms with van der Waals surface area (Å²) in [5.74, 6) is -5.17. The average molecular weight is 2130 g/mol. The summed E-state index contributed by atoms with van der Waals surface area (Å²) in [5.41, 5.74) is 4.02. The number of rotatable bonds is 67. The number of carbonyl (C=O) groups is 7. The topological polar surface area (TPSA) is 657 Å². The minimum atomic E-state index is -4.55. The molecule has 3 unspecified atom stereocenters. The number of fused-ring (bicyclic) bond motifs is 2. The molecule has 5 aromatic heterocycles. The molecule has 784 valence electrons. The number of hydrogen-bond acceptors (Lipinski definition) is 32. The van der Waals surface area contributed by atoms with E-state index in [1.165, 1.54) is 128 Å². The van der Waals surface area contributed by atoms with Crippen molar-refractivity contribution in [3.8, 4) is 22.3 Å². The fourth-order valence-electron chi connectivity index (χ4n) is 14.5. The Morgan fingerprint density at radius 3 is 1.32 bits per heavy atom. The second-order valence-electron chi connectivity index (χ2n) is 32.8. The van der Waals surface area contributed by atoms with Crippen molar-refractivity contribution in [2.45, 2.75) is 114 Å². The van der Waals surface area contributed by atoms with Gasteiger partial charge in [0.05, 0.1) is 113 Å². The number of nitrogens with zero attached hydrogens (tertiary/aromatic N) is 9. The van der Waals surface area contributed by atoms with E-state index in [0.717, 1.165) is 11.9 Å². The van der Waals surface area contributed by atoms with Crippen molar-refractivity contribution in [1.82, 2.24) is 84.6 Å². The standard InChI is InChI=1S/C95H113N21O26S5/c117-86(96-37-5-47-137-51-55-141-57-53-139-49-7-39-109-143(126,127)76-22-11-66(12-23-76)68-15-26-78(27-16-68)145(130,131)113-81(92(122)123)65-105-89(119)71-20-32-83-75(60-71)64-108-116(83)46-4-36-99-95-102-43-44-103-95)34-30-80(111-90(120)73-21-33-85(104-61-73)112-106-62-72-9-1-2-10-84(72)147(134,135)136)91(121)97-38-6-48-138-52-56-142-58-54-140-50-8-40-110-144(128,129)77-24-13-67(14-25-77)69-17-28-79(29-18-69)146(132,133)114-87(93(124)125)88(118)70-19-31-82-74(59-70)63-107-115(82)45-3-35-98-94-100-41-42-101-94/h1-2,9-29,31-33,41-44,59-61,63-64,80-81,87,109-110,113-114H,3-8,30,34-40,45-58,62,65H2,(H,96,117)(H,97,121)(H,105,119)(H,111,120)(H,122,123)(H,124,125)(H2,98,100,101)(H2,99,102,103)(H,134,135,136). The fraction of sp³-hybridized carbons (Fsp3) is 0.347. The molecule has 0 fully saturated rings. The number of azo groups is 1. The Balaban J connectivity index is 0.483. The highest BCUT2D eigenvalue weighted by Crippen LogP contribution is 2.28. The first kappa shape index (κ1) is 112. The van der Waals surface area contributed by atoms with Gasteiger partial charge in [0, 0.05) is 145 Å². The van der Waals surface area contributed by atoms with E-state index in [1.807, 2.05) is 4.72 Å². The second kappa shape index (κ2) is 55.6. The summed E-state index contributed by atoms with van der Waals surface area (Å²) in [6.45, 7) is 4.71. The first-order valence-electron chi connectivity index (χ1n) is 46.6. The molecule has 4 amide bonds. The van der Waals surface area contributed by atoms with Gasteiger partial charge in [0.1, 0.15) is 12.1 Å². The molecule has 47 nitrogen and oxygen atoms in total. The zero-order valence-electron chi connectivity index (χ0n) is 79.5. The van der Waals surface area contributed by atoms with E-state index in [1.54, 1.807) is 94.9 Å². The Morgan fingerprint density at radius 1 is 0.422 bits per heavy atom. The van der Waals surface area contributed by atoms with Crippen LogP contribution in [0.3, 0.4) is 0 Å². The average Bonchev–Trinajstić information content (AvgIpc) is 1.71. The number of aromatic amines is 2. The number of aromatic nitrogens is 9. The molecule has 0 aliphatic carbocycles. The molecule has 0 aliphatic rings. The van der Waals surface area contributed by atoms with Crippen LogP contribution in [0.1, 0.15) is 88.0 Å². The van der Waals surface area contributed by atoms with E-state index < -0.39 is 116 Å². The highest BCUT2D eigenvalue weighted by Gasteiger charge is 2.34. The zero-order chi connectivity index (χ0) is 105. The van der Waals surface area contributed by atoms with Gasteiger partial charge in [-0.2, -0.15) is 33.2 Å². The Hall–Kier alpha value is -14.0. The number of pyridine rings is 1. The summed E-state index contributed by atoms with van der Waals surface area (Å²) < 4.78 is 186. The minimum Gasteiger partial charge on any atom is -0.480 e. The third-order valence-electron chi connectivity index (χ3n) is 22.2. The summed E-state index contributed by atoms with van der Waals surface area (Å²) in [6, 6.07) is 35.4. The number of aliphatic carboxylic acids is 2. The zero-order valence-corrected chi connectivity index (χ0v) is 83.5. The number of carboxylic acid groups (broad SMARTS) is 2. The number of aryl methyl sites for hydroxylation is 2. The maximum atomic E-state index is 13.7. The molecule has 0 bridgehead atoms. The van der Waals surface area contributed by atoms with Crippen LogP contribution < -0.4 is 50.8 Å². The van der Waals surface area contributed by atoms with E-state index in [4.69, 9.17) is 28.4 Å². The Kier molecular flexibility index (Phi) is 42.3. The molecule has 15 N–H and O–H groups in total. The number of amides is 4. The molecule has 52 heteroatoms. The molecule has 0 spiro atoms. The molecule has 0 radical (unpaired) electrons. The van der Waals surface area contributed by atoms with Gasteiger partial charge in [-0.25, -0.2) is 62.9 Å². The SMILES string of the molecule is O=C(CCC(NC(=O)c1ccc(N=NCc2ccccc2S(=O)(=O)O)nc1)C(=O)NCCCOCCOCCOCCCNS(=O)(=O)c1ccc(-c2ccc(S(=O)(=O)NC(C(=O)O)C(=O)c3ccc4c(cnn4CCCNc4ncc[nH]4)c3)cc2)cc1)NCCCOCCOCCOCCCNS(=O)(=O)c1ccc(-c2ccc(S(=O)(=O)NC(CNC(=O)c3ccc4c(cnn4CCCNc4ncc[nH]4)c3)C(=O)O)cc2)cc1. The van der Waals surface area contributed by atoms with Crippen LogP contribution in [-0.4, -0.2) is 286 Å². The van der Waals surface area contributed by atoms with Gasteiger partial charge in [0.25, 0.3) is 21.9 Å². The highest BCUT2D eigenvalue weighted by atomic mass is 32.2. The third-order valence-corrected chi connectivity index (χ3v) is 29.0. The first-order valence-corrected chi connectivity index (χ1v) is 54.0. The molecular weight excluding hydrogens is 2010 g/mol. The fourth-order valence-corrected chi connectivity index (χ4v) is 19.7. The normalized spacial score (nSPS) is 12.7. The maximum absolute atomic E-state index is 13.7. The van der Waals surface area contributed by atoms with Crippen LogP contribution in [-0.2, 0) is 117 Å². The summed E-state index contributed by atoms with van der Waals surface area (Å²) >= 11 is 0. The van der Waals surface area contributed by atoms with Crippen LogP contribution in [0.4, 0.5) is 17.7 Å². The number of nitrogens with one attached hydrogen (secondary N) is 12. The van der Waals surface area contributed by atoms with Crippen molar-refractivity contribution in [3.05, 3.63) is 235 Å². The lowest BCUT2D eigenvalue weighted by Crippen LogP contribution is -2.48. The lowest BCUT2D eigenvalue weighted by Gasteiger charge is -2.18. The molecule has 0 saturated heterocycles. The van der Waals surface area contributed by atoms with Gasteiger partial charge in [-0.05, 0) is 176 Å². The molecule has 0 aliphatic heterocycles. The van der Waals surface area contributed by atoms with Crippen molar-refractivity contribution in [2.24, 2.45) is 10.2 Å². The number of hydrogen-bond donors (Lipinski definition) is 15. The number of H-pyrrole nitrogens is 2. The molecule has 5 heterocycles. The Bertz CT molecular complexity index is 7020. The van der Waals surface area contributed by atoms with Gasteiger partial charge in [0.2, 0.25) is 51.9 Å². The highest BCUT2D eigenvalue weighted by molar-refractivity contribution is 7.90. The van der Waals surface area contributed by atoms with E-state index in [9.17, 15) is 90.4 Å². The van der Waals surface area contributed by atoms with Crippen LogP contribution in [0, 0.1) is 0 Å². The van der Waals surface area contributed by atoms with Gasteiger partial charge in [-0.1, -0.05) is 66.7 Å². The van der Waals surface area contributed by atoms with Crippen molar-refractivity contribution in [2.75, 3.05) is 136 Å². The van der Waals surface area contributed by atoms with Crippen LogP contribution in [0.5, 0.6) is 0 Å². The van der Waals surface area contributed by atoms with Crippen LogP contribution in [0.2, 0.25) is 0 Å². The van der Waals surface area contributed by atoms with Crippen molar-refractivity contribution < 1.29 is 119 Å². The minimum absolute atomic E-state index is 0.0177. The number of imidazole rings is 2. The summed E-state index contributed by atoms with van der Waals surface area (Å²) in [6.07, 6.45) is 13.6. The number of anilines is 2. The van der Waals surface area contributed by atoms with E-state index in [0.29, 0.717) is 109 Å². The number of sulfonamides is 4. The number of carboxylic acids is 2. The van der Waals surface area contributed by atoms with Crippen LogP contribution in [0.25, 0.3) is 44.1 Å². The largest absolute Gasteiger partial charge is 0.480 e. The molecular formula is C95H113N21O26S5. The lowest BCUT2D eigenvalue weighted by molar-refractivity contribution is -0.139. The molecule has 147 heavy (non-hydrogen) atoms. The molecule has 12 rings (SSSR count). The number of ketones is 1. The number of Topliss-reactive ketones (excluding diaryl/α,β-unsaturated/α-hetero) is 1. The van der Waals surface area contributed by atoms with Gasteiger partial charge < -0.3 is 80.5 Å².